The lowest BCUT2D eigenvalue weighted by Gasteiger charge is -2.30. The largest absolute Gasteiger partial charge is 0.294 e. The maximum absolute atomic E-state index is 10.7. The molecule has 3 heteroatoms. The first-order valence-electron chi connectivity index (χ1n) is 3.24. The third kappa shape index (κ3) is 1.21. The van der Waals surface area contributed by atoms with Crippen LogP contribution in [0.3, 0.4) is 0 Å². The molecule has 1 aliphatic carbocycles. The minimum atomic E-state index is -0.00639. The fourth-order valence-corrected chi connectivity index (χ4v) is 1.23. The minimum Gasteiger partial charge on any atom is -0.294 e. The van der Waals surface area contributed by atoms with Crippen molar-refractivity contribution in [3.63, 3.8) is 0 Å². The van der Waals surface area contributed by atoms with Crippen molar-refractivity contribution in [3.8, 4) is 0 Å². The monoisotopic (exact) mass is 128 g/mol. The van der Waals surface area contributed by atoms with Crippen LogP contribution < -0.4 is 11.3 Å². The molecule has 1 fully saturated rings. The molecule has 3 nitrogen and oxygen atoms in total. The van der Waals surface area contributed by atoms with E-state index in [1.165, 1.54) is 0 Å². The van der Waals surface area contributed by atoms with E-state index >= 15 is 0 Å². The molecule has 0 bridgehead atoms. The van der Waals surface area contributed by atoms with E-state index in [-0.39, 0.29) is 11.8 Å². The van der Waals surface area contributed by atoms with Crippen molar-refractivity contribution in [2.24, 2.45) is 17.7 Å². The van der Waals surface area contributed by atoms with Crippen molar-refractivity contribution in [3.05, 3.63) is 0 Å². The van der Waals surface area contributed by atoms with E-state index in [1.807, 2.05) is 0 Å². The molecule has 1 rings (SSSR count). The lowest BCUT2D eigenvalue weighted by Crippen LogP contribution is -2.41. The number of nitrogens with two attached hydrogens (primary N) is 1. The Balaban J connectivity index is 2.23. The maximum atomic E-state index is 10.7. The molecule has 0 aromatic rings. The zero-order valence-electron chi connectivity index (χ0n) is 5.55. The Hall–Kier alpha value is -0.570. The normalized spacial score (nSPS) is 33.1. The van der Waals surface area contributed by atoms with Crippen LogP contribution in [0.1, 0.15) is 19.8 Å². The molecule has 0 heterocycles. The van der Waals surface area contributed by atoms with Crippen molar-refractivity contribution in [1.82, 2.24) is 5.43 Å². The van der Waals surface area contributed by atoms with Crippen LogP contribution in [0.2, 0.25) is 0 Å². The summed E-state index contributed by atoms with van der Waals surface area (Å²) >= 11 is 0. The van der Waals surface area contributed by atoms with E-state index in [9.17, 15) is 4.79 Å². The average Bonchev–Trinajstić information content (AvgIpc) is 1.79. The third-order valence-electron chi connectivity index (χ3n) is 1.89. The van der Waals surface area contributed by atoms with Crippen LogP contribution in [0.4, 0.5) is 0 Å². The Morgan fingerprint density at radius 3 is 2.56 bits per heavy atom. The zero-order valence-corrected chi connectivity index (χ0v) is 5.55. The summed E-state index contributed by atoms with van der Waals surface area (Å²) in [5.41, 5.74) is 2.15. The van der Waals surface area contributed by atoms with Gasteiger partial charge in [0, 0.05) is 5.92 Å². The minimum absolute atomic E-state index is 0.00639. The van der Waals surface area contributed by atoms with Gasteiger partial charge in [0.1, 0.15) is 0 Å². The SMILES string of the molecule is CC1CC(C(=O)NN)C1. The molecule has 1 aliphatic rings. The summed E-state index contributed by atoms with van der Waals surface area (Å²) in [4.78, 5) is 10.7. The standard InChI is InChI=1S/C6H12N2O/c1-4-2-5(3-4)6(9)8-7/h4-5H,2-3,7H2,1H3,(H,8,9). The molecule has 1 saturated carbocycles. The van der Waals surface area contributed by atoms with Crippen LogP contribution in [0, 0.1) is 11.8 Å². The number of rotatable bonds is 1. The lowest BCUT2D eigenvalue weighted by molar-refractivity contribution is -0.128. The van der Waals surface area contributed by atoms with E-state index in [0.29, 0.717) is 5.92 Å². The van der Waals surface area contributed by atoms with Gasteiger partial charge in [-0.25, -0.2) is 5.84 Å². The molecule has 9 heavy (non-hydrogen) atoms. The Labute approximate surface area is 54.6 Å². The van der Waals surface area contributed by atoms with Gasteiger partial charge in [0.25, 0.3) is 0 Å². The van der Waals surface area contributed by atoms with Crippen molar-refractivity contribution in [2.45, 2.75) is 19.8 Å². The quantitative estimate of drug-likeness (QED) is 0.297. The molecule has 0 aromatic heterocycles. The van der Waals surface area contributed by atoms with E-state index in [4.69, 9.17) is 5.84 Å². The lowest BCUT2D eigenvalue weighted by atomic mass is 9.76. The summed E-state index contributed by atoms with van der Waals surface area (Å²) in [6.45, 7) is 2.14. The topological polar surface area (TPSA) is 55.1 Å². The maximum Gasteiger partial charge on any atom is 0.237 e. The second-order valence-electron chi connectivity index (χ2n) is 2.78. The second-order valence-corrected chi connectivity index (χ2v) is 2.78. The predicted octanol–water partition coefficient (Wildman–Crippen LogP) is 0.0224. The van der Waals surface area contributed by atoms with Gasteiger partial charge in [-0.2, -0.15) is 0 Å². The Bertz CT molecular complexity index is 118. The van der Waals surface area contributed by atoms with Crippen LogP contribution in [-0.4, -0.2) is 5.91 Å². The van der Waals surface area contributed by atoms with E-state index in [2.05, 4.69) is 12.3 Å². The molecule has 0 aliphatic heterocycles. The average molecular weight is 128 g/mol. The van der Waals surface area contributed by atoms with Gasteiger partial charge >= 0.3 is 0 Å². The van der Waals surface area contributed by atoms with Crippen molar-refractivity contribution >= 4 is 5.91 Å². The zero-order chi connectivity index (χ0) is 6.85. The highest BCUT2D eigenvalue weighted by Gasteiger charge is 2.30. The molecule has 0 saturated heterocycles. The van der Waals surface area contributed by atoms with Crippen LogP contribution in [-0.2, 0) is 4.79 Å². The molecule has 0 spiro atoms. The van der Waals surface area contributed by atoms with Crippen molar-refractivity contribution in [1.29, 1.82) is 0 Å². The number of amides is 1. The van der Waals surface area contributed by atoms with Gasteiger partial charge in [0.2, 0.25) is 5.91 Å². The Morgan fingerprint density at radius 1 is 1.67 bits per heavy atom. The fraction of sp³-hybridized carbons (Fsp3) is 0.833. The number of hydrogen-bond acceptors (Lipinski definition) is 2. The van der Waals surface area contributed by atoms with Gasteiger partial charge in [0.15, 0.2) is 0 Å². The fourth-order valence-electron chi connectivity index (χ4n) is 1.23. The summed E-state index contributed by atoms with van der Waals surface area (Å²) in [5.74, 6) is 5.84. The molecule has 1 amide bonds. The predicted molar refractivity (Wildman–Crippen MR) is 34.2 cm³/mol. The first kappa shape index (κ1) is 6.55. The molecule has 3 N–H and O–H groups in total. The molecule has 52 valence electrons. The molecule has 0 radical (unpaired) electrons. The first-order valence-corrected chi connectivity index (χ1v) is 3.24. The number of hydrogen-bond donors (Lipinski definition) is 2. The highest BCUT2D eigenvalue weighted by molar-refractivity contribution is 5.78. The Kier molecular flexibility index (Phi) is 1.71. The van der Waals surface area contributed by atoms with Crippen molar-refractivity contribution < 1.29 is 4.79 Å². The molecule has 0 aromatic carbocycles. The van der Waals surface area contributed by atoms with Crippen LogP contribution in [0.25, 0.3) is 0 Å². The third-order valence-corrected chi connectivity index (χ3v) is 1.89. The molecule has 0 unspecified atom stereocenters. The molecular weight excluding hydrogens is 116 g/mol. The second kappa shape index (κ2) is 2.35. The van der Waals surface area contributed by atoms with Gasteiger partial charge in [0.05, 0.1) is 0 Å². The smallest absolute Gasteiger partial charge is 0.237 e. The van der Waals surface area contributed by atoms with Crippen LogP contribution in [0.5, 0.6) is 0 Å². The highest BCUT2D eigenvalue weighted by atomic mass is 16.2. The van der Waals surface area contributed by atoms with Gasteiger partial charge < -0.3 is 0 Å². The summed E-state index contributed by atoms with van der Waals surface area (Å²) in [7, 11) is 0. The first-order chi connectivity index (χ1) is 4.24. The Morgan fingerprint density at radius 2 is 2.22 bits per heavy atom. The van der Waals surface area contributed by atoms with Gasteiger partial charge in [-0.3, -0.25) is 10.2 Å². The van der Waals surface area contributed by atoms with Gasteiger partial charge in [-0.05, 0) is 18.8 Å². The molecular formula is C6H12N2O. The number of carbonyl (C=O) groups excluding carboxylic acids is 1. The van der Waals surface area contributed by atoms with Crippen molar-refractivity contribution in [2.75, 3.05) is 0 Å². The van der Waals surface area contributed by atoms with E-state index < -0.39 is 0 Å². The van der Waals surface area contributed by atoms with E-state index in [0.717, 1.165) is 12.8 Å². The summed E-state index contributed by atoms with van der Waals surface area (Å²) in [6, 6.07) is 0. The van der Waals surface area contributed by atoms with Gasteiger partial charge in [-0.15, -0.1) is 0 Å². The number of carbonyl (C=O) groups is 1. The summed E-state index contributed by atoms with van der Waals surface area (Å²) in [5, 5.41) is 0. The number of hydrazine groups is 1. The summed E-state index contributed by atoms with van der Waals surface area (Å²) in [6.07, 6.45) is 2.01. The molecule has 0 atom stereocenters. The summed E-state index contributed by atoms with van der Waals surface area (Å²) < 4.78 is 0. The number of nitrogens with one attached hydrogen (secondary N) is 1. The van der Waals surface area contributed by atoms with Crippen LogP contribution in [0.15, 0.2) is 0 Å². The van der Waals surface area contributed by atoms with Gasteiger partial charge in [-0.1, -0.05) is 6.92 Å². The van der Waals surface area contributed by atoms with Crippen LogP contribution >= 0.6 is 0 Å². The highest BCUT2D eigenvalue weighted by Crippen LogP contribution is 2.32. The van der Waals surface area contributed by atoms with E-state index in [1.54, 1.807) is 0 Å².